The first-order valence-corrected chi connectivity index (χ1v) is 8.20. The highest BCUT2D eigenvalue weighted by Gasteiger charge is 2.18. The standard InChI is InChI=1S/C21H19N3O2/c1-24(2)19-13-12-16(14-22-19)23-21(26)18-11-7-6-10-17(18)20(25)15-8-4-3-5-9-15/h3-14H,1-2H3,(H,23,26). The van der Waals surface area contributed by atoms with Crippen LogP contribution in [0.5, 0.6) is 0 Å². The summed E-state index contributed by atoms with van der Waals surface area (Å²) in [5.41, 5.74) is 1.82. The monoisotopic (exact) mass is 345 g/mol. The molecule has 5 nitrogen and oxygen atoms in total. The minimum atomic E-state index is -0.343. The van der Waals surface area contributed by atoms with E-state index in [-0.39, 0.29) is 11.7 Å². The number of pyridine rings is 1. The van der Waals surface area contributed by atoms with Gasteiger partial charge in [0.25, 0.3) is 5.91 Å². The molecule has 0 saturated carbocycles. The highest BCUT2D eigenvalue weighted by Crippen LogP contribution is 2.17. The molecular formula is C21H19N3O2. The number of ketones is 1. The third-order valence-electron chi connectivity index (χ3n) is 3.92. The fraction of sp³-hybridized carbons (Fsp3) is 0.0952. The van der Waals surface area contributed by atoms with E-state index in [2.05, 4.69) is 10.3 Å². The Kier molecular flexibility index (Phi) is 5.08. The molecule has 0 saturated heterocycles. The van der Waals surface area contributed by atoms with Gasteiger partial charge < -0.3 is 10.2 Å². The van der Waals surface area contributed by atoms with Crippen molar-refractivity contribution in [3.05, 3.63) is 89.6 Å². The van der Waals surface area contributed by atoms with Gasteiger partial charge in [0.2, 0.25) is 0 Å². The van der Waals surface area contributed by atoms with Crippen molar-refractivity contribution >= 4 is 23.2 Å². The SMILES string of the molecule is CN(C)c1ccc(NC(=O)c2ccccc2C(=O)c2ccccc2)cn1. The molecule has 26 heavy (non-hydrogen) atoms. The number of hydrogen-bond acceptors (Lipinski definition) is 4. The van der Waals surface area contributed by atoms with Crippen LogP contribution in [0.2, 0.25) is 0 Å². The van der Waals surface area contributed by atoms with Crippen LogP contribution in [0.15, 0.2) is 72.9 Å². The van der Waals surface area contributed by atoms with Gasteiger partial charge in [-0.2, -0.15) is 0 Å². The van der Waals surface area contributed by atoms with Crippen LogP contribution in [0.3, 0.4) is 0 Å². The summed E-state index contributed by atoms with van der Waals surface area (Å²) >= 11 is 0. The van der Waals surface area contributed by atoms with Crippen LogP contribution in [-0.4, -0.2) is 30.8 Å². The second-order valence-corrected chi connectivity index (χ2v) is 5.99. The fourth-order valence-electron chi connectivity index (χ4n) is 2.55. The Morgan fingerprint density at radius 3 is 2.12 bits per heavy atom. The van der Waals surface area contributed by atoms with Gasteiger partial charge in [0.1, 0.15) is 5.82 Å². The summed E-state index contributed by atoms with van der Waals surface area (Å²) in [7, 11) is 3.79. The van der Waals surface area contributed by atoms with Crippen molar-refractivity contribution in [3.8, 4) is 0 Å². The molecule has 0 aliphatic rings. The molecule has 0 fully saturated rings. The predicted molar refractivity (Wildman–Crippen MR) is 103 cm³/mol. The summed E-state index contributed by atoms with van der Waals surface area (Å²) in [6, 6.07) is 19.3. The first-order chi connectivity index (χ1) is 12.6. The van der Waals surface area contributed by atoms with E-state index < -0.39 is 0 Å². The van der Waals surface area contributed by atoms with E-state index >= 15 is 0 Å². The minimum Gasteiger partial charge on any atom is -0.363 e. The summed E-state index contributed by atoms with van der Waals surface area (Å²) in [5, 5.41) is 2.80. The number of amides is 1. The van der Waals surface area contributed by atoms with Crippen molar-refractivity contribution in [1.82, 2.24) is 4.98 Å². The topological polar surface area (TPSA) is 62.3 Å². The molecule has 3 aromatic rings. The van der Waals surface area contributed by atoms with Crippen LogP contribution < -0.4 is 10.2 Å². The van der Waals surface area contributed by atoms with Gasteiger partial charge in [-0.1, -0.05) is 48.5 Å². The molecule has 1 aromatic heterocycles. The molecule has 0 unspecified atom stereocenters. The average molecular weight is 345 g/mol. The second kappa shape index (κ2) is 7.61. The van der Waals surface area contributed by atoms with Crippen LogP contribution in [0.4, 0.5) is 11.5 Å². The van der Waals surface area contributed by atoms with Gasteiger partial charge in [0.15, 0.2) is 5.78 Å². The van der Waals surface area contributed by atoms with E-state index in [1.165, 1.54) is 0 Å². The van der Waals surface area contributed by atoms with Gasteiger partial charge in [-0.05, 0) is 18.2 Å². The van der Waals surface area contributed by atoms with Crippen LogP contribution >= 0.6 is 0 Å². The highest BCUT2D eigenvalue weighted by molar-refractivity contribution is 6.17. The van der Waals surface area contributed by atoms with E-state index in [4.69, 9.17) is 0 Å². The molecule has 0 atom stereocenters. The number of anilines is 2. The number of nitrogens with zero attached hydrogens (tertiary/aromatic N) is 2. The van der Waals surface area contributed by atoms with Crippen LogP contribution in [-0.2, 0) is 0 Å². The van der Waals surface area contributed by atoms with Crippen molar-refractivity contribution in [2.24, 2.45) is 0 Å². The second-order valence-electron chi connectivity index (χ2n) is 5.99. The minimum absolute atomic E-state index is 0.183. The lowest BCUT2D eigenvalue weighted by Crippen LogP contribution is -2.17. The lowest BCUT2D eigenvalue weighted by atomic mass is 9.98. The quantitative estimate of drug-likeness (QED) is 0.717. The molecule has 0 aliphatic carbocycles. The molecule has 0 aliphatic heterocycles. The Labute approximate surface area is 152 Å². The van der Waals surface area contributed by atoms with E-state index in [0.29, 0.717) is 22.4 Å². The Balaban J connectivity index is 1.85. The van der Waals surface area contributed by atoms with Crippen LogP contribution in [0.1, 0.15) is 26.3 Å². The lowest BCUT2D eigenvalue weighted by Gasteiger charge is -2.12. The molecule has 0 bridgehead atoms. The zero-order valence-corrected chi connectivity index (χ0v) is 14.6. The number of nitrogens with one attached hydrogen (secondary N) is 1. The van der Waals surface area contributed by atoms with E-state index in [9.17, 15) is 9.59 Å². The first kappa shape index (κ1) is 17.4. The Hall–Kier alpha value is -3.47. The Bertz CT molecular complexity index is 920. The summed E-state index contributed by atoms with van der Waals surface area (Å²) in [6.07, 6.45) is 1.59. The molecule has 1 heterocycles. The Morgan fingerprint density at radius 2 is 1.50 bits per heavy atom. The number of aromatic nitrogens is 1. The molecule has 5 heteroatoms. The van der Waals surface area contributed by atoms with E-state index in [1.807, 2.05) is 31.1 Å². The normalized spacial score (nSPS) is 10.2. The summed E-state index contributed by atoms with van der Waals surface area (Å²) in [4.78, 5) is 31.6. The van der Waals surface area contributed by atoms with Crippen molar-refractivity contribution in [1.29, 1.82) is 0 Å². The summed E-state index contributed by atoms with van der Waals surface area (Å²) < 4.78 is 0. The lowest BCUT2D eigenvalue weighted by molar-refractivity contribution is 0.0996. The smallest absolute Gasteiger partial charge is 0.256 e. The van der Waals surface area contributed by atoms with Gasteiger partial charge in [0, 0.05) is 25.2 Å². The maximum absolute atomic E-state index is 12.7. The van der Waals surface area contributed by atoms with Crippen molar-refractivity contribution in [3.63, 3.8) is 0 Å². The Morgan fingerprint density at radius 1 is 0.846 bits per heavy atom. The number of rotatable bonds is 5. The van der Waals surface area contributed by atoms with Crippen molar-refractivity contribution in [2.75, 3.05) is 24.3 Å². The molecule has 130 valence electrons. The molecule has 2 aromatic carbocycles. The van der Waals surface area contributed by atoms with E-state index in [1.54, 1.807) is 60.8 Å². The predicted octanol–water partition coefficient (Wildman–Crippen LogP) is 3.63. The third kappa shape index (κ3) is 3.78. The largest absolute Gasteiger partial charge is 0.363 e. The number of hydrogen-bond donors (Lipinski definition) is 1. The maximum atomic E-state index is 12.7. The van der Waals surface area contributed by atoms with Crippen LogP contribution in [0.25, 0.3) is 0 Å². The van der Waals surface area contributed by atoms with Gasteiger partial charge >= 0.3 is 0 Å². The zero-order valence-electron chi connectivity index (χ0n) is 14.6. The maximum Gasteiger partial charge on any atom is 0.256 e. The van der Waals surface area contributed by atoms with Gasteiger partial charge in [-0.15, -0.1) is 0 Å². The summed E-state index contributed by atoms with van der Waals surface area (Å²) in [6.45, 7) is 0. The van der Waals surface area contributed by atoms with E-state index in [0.717, 1.165) is 5.82 Å². The molecule has 0 spiro atoms. The number of benzene rings is 2. The third-order valence-corrected chi connectivity index (χ3v) is 3.92. The van der Waals surface area contributed by atoms with Gasteiger partial charge in [-0.25, -0.2) is 4.98 Å². The number of carbonyl (C=O) groups is 2. The van der Waals surface area contributed by atoms with Crippen molar-refractivity contribution < 1.29 is 9.59 Å². The molecule has 0 radical (unpaired) electrons. The molecular weight excluding hydrogens is 326 g/mol. The number of carbonyl (C=O) groups excluding carboxylic acids is 2. The molecule has 3 rings (SSSR count). The van der Waals surface area contributed by atoms with Gasteiger partial charge in [-0.3, -0.25) is 9.59 Å². The van der Waals surface area contributed by atoms with Gasteiger partial charge in [0.05, 0.1) is 17.4 Å². The van der Waals surface area contributed by atoms with Crippen LogP contribution in [0, 0.1) is 0 Å². The zero-order chi connectivity index (χ0) is 18.5. The fourth-order valence-corrected chi connectivity index (χ4v) is 2.55. The summed E-state index contributed by atoms with van der Waals surface area (Å²) in [5.74, 6) is 0.268. The first-order valence-electron chi connectivity index (χ1n) is 8.20. The molecule has 1 amide bonds. The highest BCUT2D eigenvalue weighted by atomic mass is 16.2. The molecule has 1 N–H and O–H groups in total. The van der Waals surface area contributed by atoms with Crippen molar-refractivity contribution in [2.45, 2.75) is 0 Å². The average Bonchev–Trinajstić information content (AvgIpc) is 2.68.